The first-order chi connectivity index (χ1) is 38.2. The van der Waals surface area contributed by atoms with E-state index in [1.165, 1.54) is 61.2 Å². The maximum absolute atomic E-state index is 6.71. The second-order valence-electron chi connectivity index (χ2n) is 20.6. The molecule has 2 spiro atoms. The van der Waals surface area contributed by atoms with Gasteiger partial charge in [0.15, 0.2) is 0 Å². The summed E-state index contributed by atoms with van der Waals surface area (Å²) in [5.74, 6) is 3.56. The standard InChI is InChI=1S/C74H47NO2/c1-2-21-48(22-3-1)50-23-18-24-52(47-50)75(51-45-43-49(44-46-51)53-28-19-36-64-71(53)56-26-4-7-30-58(56)73(64)60-32-9-14-39-67(60)76-68-40-15-10-33-61(68)73)66-38-13-6-25-54(66)55-29-20-37-65-72(55)57-27-5-8-31-59(57)74(65)62-34-11-16-41-69(62)77-70-42-17-12-35-63(70)74/h1-47H. The highest BCUT2D eigenvalue weighted by Gasteiger charge is 2.53. The molecular weight excluding hydrogens is 935 g/mol. The third-order valence-electron chi connectivity index (χ3n) is 16.8. The lowest BCUT2D eigenvalue weighted by molar-refractivity contribution is 0.436. The minimum Gasteiger partial charge on any atom is -0.457 e. The number of ether oxygens (including phenoxy) is 2. The molecular formula is C74H47NO2. The van der Waals surface area contributed by atoms with Crippen LogP contribution in [0.4, 0.5) is 17.1 Å². The quantitative estimate of drug-likeness (QED) is 0.166. The van der Waals surface area contributed by atoms with Crippen molar-refractivity contribution >= 4 is 17.1 Å². The lowest BCUT2D eigenvalue weighted by atomic mass is 9.66. The minimum absolute atomic E-state index is 0.549. The van der Waals surface area contributed by atoms with Gasteiger partial charge in [-0.25, -0.2) is 0 Å². The maximum atomic E-state index is 6.71. The number of fused-ring (bicyclic) bond motifs is 18. The van der Waals surface area contributed by atoms with Gasteiger partial charge in [-0.2, -0.15) is 0 Å². The molecule has 0 saturated heterocycles. The zero-order chi connectivity index (χ0) is 50.7. The monoisotopic (exact) mass is 981 g/mol. The summed E-state index contributed by atoms with van der Waals surface area (Å²) in [6, 6.07) is 104. The van der Waals surface area contributed by atoms with Crippen molar-refractivity contribution in [2.45, 2.75) is 10.8 Å². The van der Waals surface area contributed by atoms with Gasteiger partial charge in [0.1, 0.15) is 23.0 Å². The zero-order valence-electron chi connectivity index (χ0n) is 41.9. The highest BCUT2D eigenvalue weighted by atomic mass is 16.5. The second kappa shape index (κ2) is 16.8. The Kier molecular flexibility index (Phi) is 9.47. The van der Waals surface area contributed by atoms with Crippen LogP contribution in [-0.4, -0.2) is 0 Å². The molecule has 0 amide bonds. The molecule has 360 valence electrons. The van der Waals surface area contributed by atoms with E-state index in [0.717, 1.165) is 79.0 Å². The number of anilines is 3. The van der Waals surface area contributed by atoms with Crippen LogP contribution < -0.4 is 14.4 Å². The molecule has 0 fully saturated rings. The Labute approximate surface area is 448 Å². The topological polar surface area (TPSA) is 21.7 Å². The van der Waals surface area contributed by atoms with Gasteiger partial charge in [0, 0.05) is 39.2 Å². The molecule has 0 atom stereocenters. The van der Waals surface area contributed by atoms with E-state index in [0.29, 0.717) is 0 Å². The van der Waals surface area contributed by atoms with Crippen LogP contribution in [0.25, 0.3) is 55.6 Å². The minimum atomic E-state index is -0.586. The van der Waals surface area contributed by atoms with E-state index in [4.69, 9.17) is 9.47 Å². The first-order valence-corrected chi connectivity index (χ1v) is 26.6. The van der Waals surface area contributed by atoms with E-state index < -0.39 is 10.8 Å². The molecule has 2 aliphatic carbocycles. The Bertz CT molecular complexity index is 4270. The van der Waals surface area contributed by atoms with Crippen LogP contribution in [0.5, 0.6) is 23.0 Å². The van der Waals surface area contributed by atoms with Gasteiger partial charge in [0.05, 0.1) is 16.5 Å². The third-order valence-corrected chi connectivity index (χ3v) is 16.8. The zero-order valence-corrected chi connectivity index (χ0v) is 41.9. The molecule has 77 heavy (non-hydrogen) atoms. The first-order valence-electron chi connectivity index (χ1n) is 26.6. The van der Waals surface area contributed by atoms with E-state index in [2.05, 4.69) is 290 Å². The van der Waals surface area contributed by atoms with Crippen LogP contribution in [0.2, 0.25) is 0 Å². The van der Waals surface area contributed by atoms with Gasteiger partial charge < -0.3 is 14.4 Å². The van der Waals surface area contributed by atoms with Gasteiger partial charge in [-0.05, 0) is 127 Å². The summed E-state index contributed by atoms with van der Waals surface area (Å²) >= 11 is 0. The van der Waals surface area contributed by atoms with Crippen LogP contribution in [0.1, 0.15) is 44.5 Å². The highest BCUT2D eigenvalue weighted by Crippen LogP contribution is 2.65. The molecule has 0 bridgehead atoms. The predicted molar refractivity (Wildman–Crippen MR) is 312 cm³/mol. The Morgan fingerprint density at radius 2 is 0.623 bits per heavy atom. The largest absolute Gasteiger partial charge is 0.457 e. The molecule has 16 rings (SSSR count). The van der Waals surface area contributed by atoms with Crippen LogP contribution in [0, 0.1) is 0 Å². The number of benzene rings is 12. The molecule has 4 aliphatic rings. The van der Waals surface area contributed by atoms with Crippen molar-refractivity contribution in [1.82, 2.24) is 0 Å². The van der Waals surface area contributed by atoms with E-state index in [9.17, 15) is 0 Å². The molecule has 0 aromatic heterocycles. The summed E-state index contributed by atoms with van der Waals surface area (Å²) in [4.78, 5) is 2.45. The van der Waals surface area contributed by atoms with Crippen molar-refractivity contribution < 1.29 is 9.47 Å². The van der Waals surface area contributed by atoms with Gasteiger partial charge in [-0.15, -0.1) is 0 Å². The van der Waals surface area contributed by atoms with Crippen molar-refractivity contribution in [2.75, 3.05) is 4.90 Å². The number of rotatable bonds is 6. The van der Waals surface area contributed by atoms with Gasteiger partial charge in [-0.1, -0.05) is 231 Å². The Balaban J connectivity index is 0.891. The average molecular weight is 982 g/mol. The molecule has 0 N–H and O–H groups in total. The molecule has 0 saturated carbocycles. The van der Waals surface area contributed by atoms with Crippen molar-refractivity contribution in [1.29, 1.82) is 0 Å². The molecule has 0 unspecified atom stereocenters. The van der Waals surface area contributed by atoms with E-state index in [1.54, 1.807) is 0 Å². The van der Waals surface area contributed by atoms with E-state index in [-0.39, 0.29) is 0 Å². The first kappa shape index (κ1) is 43.4. The van der Waals surface area contributed by atoms with Crippen LogP contribution in [-0.2, 0) is 10.8 Å². The van der Waals surface area contributed by atoms with Crippen LogP contribution >= 0.6 is 0 Å². The summed E-state index contributed by atoms with van der Waals surface area (Å²) in [5, 5.41) is 0. The molecule has 2 aliphatic heterocycles. The number of hydrogen-bond donors (Lipinski definition) is 0. The summed E-state index contributed by atoms with van der Waals surface area (Å²) in [6.07, 6.45) is 0. The van der Waals surface area contributed by atoms with Crippen molar-refractivity contribution in [2.24, 2.45) is 0 Å². The SMILES string of the molecule is c1ccc(-c2cccc(N(c3ccc(-c4cccc5c4-c4ccccc4C54c5ccccc5Oc5ccccc54)cc3)c3ccccc3-c3cccc4c3-c3ccccc3C43c4ccccc4Oc4ccccc43)c2)cc1. The third kappa shape index (κ3) is 6.08. The summed E-state index contributed by atoms with van der Waals surface area (Å²) in [6.45, 7) is 0. The Morgan fingerprint density at radius 3 is 1.17 bits per heavy atom. The Hall–Kier alpha value is -9.96. The fourth-order valence-electron chi connectivity index (χ4n) is 13.8. The Morgan fingerprint density at radius 1 is 0.234 bits per heavy atom. The lowest BCUT2D eigenvalue weighted by Gasteiger charge is -2.39. The van der Waals surface area contributed by atoms with Gasteiger partial charge >= 0.3 is 0 Å². The summed E-state index contributed by atoms with van der Waals surface area (Å²) < 4.78 is 13.4. The number of para-hydroxylation sites is 5. The molecule has 3 nitrogen and oxygen atoms in total. The fraction of sp³-hybridized carbons (Fsp3) is 0.0270. The summed E-state index contributed by atoms with van der Waals surface area (Å²) in [7, 11) is 0. The van der Waals surface area contributed by atoms with Crippen molar-refractivity contribution in [3.05, 3.63) is 330 Å². The fourth-order valence-corrected chi connectivity index (χ4v) is 13.8. The highest BCUT2D eigenvalue weighted by molar-refractivity contribution is 6.01. The van der Waals surface area contributed by atoms with E-state index in [1.807, 2.05) is 0 Å². The number of hydrogen-bond acceptors (Lipinski definition) is 3. The van der Waals surface area contributed by atoms with Gasteiger partial charge in [0.2, 0.25) is 0 Å². The van der Waals surface area contributed by atoms with Crippen molar-refractivity contribution in [3.8, 4) is 78.6 Å². The molecule has 3 heteroatoms. The molecule has 12 aromatic carbocycles. The normalized spacial score (nSPS) is 13.9. The van der Waals surface area contributed by atoms with Gasteiger partial charge in [-0.3, -0.25) is 0 Å². The lowest BCUT2D eigenvalue weighted by Crippen LogP contribution is -2.32. The average Bonchev–Trinajstić information content (AvgIpc) is 4.22. The number of nitrogens with zero attached hydrogens (tertiary/aromatic N) is 1. The van der Waals surface area contributed by atoms with Gasteiger partial charge in [0.25, 0.3) is 0 Å². The van der Waals surface area contributed by atoms with Crippen LogP contribution in [0.3, 0.4) is 0 Å². The molecule has 0 radical (unpaired) electrons. The molecule has 2 heterocycles. The maximum Gasteiger partial charge on any atom is 0.132 e. The van der Waals surface area contributed by atoms with E-state index >= 15 is 0 Å². The predicted octanol–water partition coefficient (Wildman–Crippen LogP) is 19.1. The second-order valence-corrected chi connectivity index (χ2v) is 20.6. The smallest absolute Gasteiger partial charge is 0.132 e. The van der Waals surface area contributed by atoms with Crippen LogP contribution in [0.15, 0.2) is 285 Å². The molecule has 12 aromatic rings. The van der Waals surface area contributed by atoms with Crippen molar-refractivity contribution in [3.63, 3.8) is 0 Å². The summed E-state index contributed by atoms with van der Waals surface area (Å²) in [5.41, 5.74) is 23.7.